The number of carbonyl (C=O) groups is 2. The van der Waals surface area contributed by atoms with Gasteiger partial charge in [0.15, 0.2) is 6.04 Å². The highest BCUT2D eigenvalue weighted by molar-refractivity contribution is 5.84. The number of carboxylic acids is 1. The fourth-order valence-corrected chi connectivity index (χ4v) is 2.70. The van der Waals surface area contributed by atoms with Crippen molar-refractivity contribution in [1.82, 2.24) is 5.32 Å². The molecular weight excluding hydrogens is 306 g/mol. The van der Waals surface area contributed by atoms with Gasteiger partial charge in [-0.3, -0.25) is 4.79 Å². The molecule has 0 aliphatic heterocycles. The molecule has 0 bridgehead atoms. The Morgan fingerprint density at radius 3 is 2.42 bits per heavy atom. The van der Waals surface area contributed by atoms with Gasteiger partial charge in [0.1, 0.15) is 5.75 Å². The Labute approximate surface area is 141 Å². The van der Waals surface area contributed by atoms with Crippen molar-refractivity contribution >= 4 is 11.9 Å². The first-order valence-corrected chi connectivity index (χ1v) is 7.59. The Kier molecular flexibility index (Phi) is 5.24. The first-order chi connectivity index (χ1) is 11.3. The number of hydrogen-bond donors (Lipinski definition) is 2. The molecule has 5 heteroatoms. The molecule has 126 valence electrons. The van der Waals surface area contributed by atoms with Crippen molar-refractivity contribution in [2.45, 2.75) is 26.8 Å². The number of aliphatic carboxylic acids is 1. The van der Waals surface area contributed by atoms with Crippen LogP contribution < -0.4 is 10.1 Å². The van der Waals surface area contributed by atoms with Crippen molar-refractivity contribution in [3.05, 3.63) is 53.1 Å². The summed E-state index contributed by atoms with van der Waals surface area (Å²) in [6.45, 7) is 5.24. The summed E-state index contributed by atoms with van der Waals surface area (Å²) in [5.74, 6) is -0.664. The number of hydrogen-bond acceptors (Lipinski definition) is 3. The van der Waals surface area contributed by atoms with Crippen LogP contribution in [0.25, 0.3) is 11.1 Å². The van der Waals surface area contributed by atoms with Gasteiger partial charge in [-0.15, -0.1) is 0 Å². The van der Waals surface area contributed by atoms with E-state index in [1.54, 1.807) is 25.3 Å². The van der Waals surface area contributed by atoms with Crippen molar-refractivity contribution in [2.24, 2.45) is 0 Å². The molecule has 0 saturated heterocycles. The van der Waals surface area contributed by atoms with E-state index >= 15 is 0 Å². The van der Waals surface area contributed by atoms with Gasteiger partial charge in [0, 0.05) is 6.92 Å². The van der Waals surface area contributed by atoms with Crippen LogP contribution in [0.3, 0.4) is 0 Å². The zero-order chi connectivity index (χ0) is 17.9. The average molecular weight is 327 g/mol. The number of carboxylic acid groups (broad SMARTS) is 1. The Balaban J connectivity index is 2.49. The summed E-state index contributed by atoms with van der Waals surface area (Å²) in [5, 5.41) is 11.8. The van der Waals surface area contributed by atoms with E-state index in [1.165, 1.54) is 6.92 Å². The maximum atomic E-state index is 11.5. The highest BCUT2D eigenvalue weighted by atomic mass is 16.5. The van der Waals surface area contributed by atoms with Gasteiger partial charge < -0.3 is 15.2 Å². The van der Waals surface area contributed by atoms with E-state index in [1.807, 2.05) is 32.0 Å². The van der Waals surface area contributed by atoms with E-state index in [9.17, 15) is 14.7 Å². The lowest BCUT2D eigenvalue weighted by Gasteiger charge is -2.16. The van der Waals surface area contributed by atoms with Crippen molar-refractivity contribution in [3.63, 3.8) is 0 Å². The lowest BCUT2D eigenvalue weighted by atomic mass is 9.95. The molecule has 0 fully saturated rings. The van der Waals surface area contributed by atoms with Crippen LogP contribution in [0.1, 0.15) is 29.7 Å². The minimum absolute atomic E-state index is 0.385. The van der Waals surface area contributed by atoms with Crippen LogP contribution in [-0.4, -0.2) is 24.1 Å². The third kappa shape index (κ3) is 3.74. The molecule has 1 unspecified atom stereocenters. The molecule has 24 heavy (non-hydrogen) atoms. The van der Waals surface area contributed by atoms with Crippen LogP contribution in [0.15, 0.2) is 36.4 Å². The van der Waals surface area contributed by atoms with E-state index in [0.29, 0.717) is 5.56 Å². The molecule has 0 aromatic heterocycles. The third-order valence-electron chi connectivity index (χ3n) is 3.87. The van der Waals surface area contributed by atoms with Crippen LogP contribution in [0.5, 0.6) is 5.75 Å². The molecule has 0 radical (unpaired) electrons. The van der Waals surface area contributed by atoms with Gasteiger partial charge in [0.05, 0.1) is 7.11 Å². The predicted molar refractivity (Wildman–Crippen MR) is 92.1 cm³/mol. The van der Waals surface area contributed by atoms with Gasteiger partial charge in [-0.1, -0.05) is 18.2 Å². The fourth-order valence-electron chi connectivity index (χ4n) is 2.70. The fraction of sp³-hybridized carbons (Fsp3) is 0.263. The summed E-state index contributed by atoms with van der Waals surface area (Å²) in [5.41, 5.74) is 4.46. The second kappa shape index (κ2) is 7.17. The third-order valence-corrected chi connectivity index (χ3v) is 3.87. The van der Waals surface area contributed by atoms with E-state index in [-0.39, 0.29) is 5.91 Å². The van der Waals surface area contributed by atoms with E-state index in [2.05, 4.69) is 5.32 Å². The number of amides is 1. The smallest absolute Gasteiger partial charge is 0.330 e. The zero-order valence-corrected chi connectivity index (χ0v) is 14.2. The number of rotatable bonds is 5. The number of aryl methyl sites for hydroxylation is 2. The zero-order valence-electron chi connectivity index (χ0n) is 14.2. The summed E-state index contributed by atoms with van der Waals surface area (Å²) in [6, 6.07) is 10.1. The largest absolute Gasteiger partial charge is 0.496 e. The van der Waals surface area contributed by atoms with Crippen LogP contribution >= 0.6 is 0 Å². The lowest BCUT2D eigenvalue weighted by Crippen LogP contribution is -2.31. The van der Waals surface area contributed by atoms with Crippen LogP contribution in [-0.2, 0) is 9.59 Å². The van der Waals surface area contributed by atoms with Gasteiger partial charge in [0.25, 0.3) is 0 Å². The van der Waals surface area contributed by atoms with E-state index in [4.69, 9.17) is 4.74 Å². The van der Waals surface area contributed by atoms with Crippen LogP contribution in [0.2, 0.25) is 0 Å². The number of carbonyl (C=O) groups excluding carboxylic acids is 1. The van der Waals surface area contributed by atoms with Crippen molar-refractivity contribution in [1.29, 1.82) is 0 Å². The van der Waals surface area contributed by atoms with Gasteiger partial charge in [-0.25, -0.2) is 4.79 Å². The van der Waals surface area contributed by atoms with Crippen molar-refractivity contribution < 1.29 is 19.4 Å². The molecule has 0 aliphatic rings. The molecule has 2 aromatic rings. The molecule has 1 amide bonds. The summed E-state index contributed by atoms with van der Waals surface area (Å²) in [4.78, 5) is 22.7. The van der Waals surface area contributed by atoms with Gasteiger partial charge >= 0.3 is 5.97 Å². The van der Waals surface area contributed by atoms with Gasteiger partial charge in [0.2, 0.25) is 5.91 Å². The Morgan fingerprint density at radius 1 is 1.12 bits per heavy atom. The highest BCUT2D eigenvalue weighted by Gasteiger charge is 2.21. The Bertz CT molecular complexity index is 783. The van der Waals surface area contributed by atoms with Crippen LogP contribution in [0.4, 0.5) is 0 Å². The molecule has 2 rings (SSSR count). The number of nitrogens with one attached hydrogen (secondary N) is 1. The molecule has 2 aromatic carbocycles. The van der Waals surface area contributed by atoms with E-state index < -0.39 is 12.0 Å². The molecule has 2 N–H and O–H groups in total. The highest BCUT2D eigenvalue weighted by Crippen LogP contribution is 2.31. The van der Waals surface area contributed by atoms with Crippen LogP contribution in [0, 0.1) is 13.8 Å². The molecule has 5 nitrogen and oxygen atoms in total. The summed E-state index contributed by atoms with van der Waals surface area (Å²) in [6.07, 6.45) is 0. The summed E-state index contributed by atoms with van der Waals surface area (Å²) < 4.78 is 5.33. The van der Waals surface area contributed by atoms with Crippen molar-refractivity contribution in [2.75, 3.05) is 7.11 Å². The van der Waals surface area contributed by atoms with E-state index in [0.717, 1.165) is 28.0 Å². The van der Waals surface area contributed by atoms with Gasteiger partial charge in [-0.2, -0.15) is 0 Å². The SMILES string of the molecule is COc1cc(C)c(-c2cccc(C(NC(C)=O)C(=O)O)c2)cc1C. The quantitative estimate of drug-likeness (QED) is 0.884. The Hall–Kier alpha value is -2.82. The minimum Gasteiger partial charge on any atom is -0.496 e. The molecule has 0 aliphatic carbocycles. The first-order valence-electron chi connectivity index (χ1n) is 7.59. The topological polar surface area (TPSA) is 75.6 Å². The maximum absolute atomic E-state index is 11.5. The Morgan fingerprint density at radius 2 is 1.83 bits per heavy atom. The lowest BCUT2D eigenvalue weighted by molar-refractivity contribution is -0.141. The molecule has 1 atom stereocenters. The number of ether oxygens (including phenoxy) is 1. The van der Waals surface area contributed by atoms with Crippen molar-refractivity contribution in [3.8, 4) is 16.9 Å². The standard InChI is InChI=1S/C19H21NO4/c1-11-9-17(24-4)12(2)8-16(11)14-6-5-7-15(10-14)18(19(22)23)20-13(3)21/h5-10,18H,1-4H3,(H,20,21)(H,22,23). The number of methoxy groups -OCH3 is 1. The molecule has 0 saturated carbocycles. The maximum Gasteiger partial charge on any atom is 0.330 e. The normalized spacial score (nSPS) is 11.7. The summed E-state index contributed by atoms with van der Waals surface area (Å²) >= 11 is 0. The second-order valence-electron chi connectivity index (χ2n) is 5.73. The molecule has 0 heterocycles. The minimum atomic E-state index is -1.09. The second-order valence-corrected chi connectivity index (χ2v) is 5.73. The number of benzene rings is 2. The molecule has 0 spiro atoms. The summed E-state index contributed by atoms with van der Waals surface area (Å²) in [7, 11) is 1.63. The first kappa shape index (κ1) is 17.5. The predicted octanol–water partition coefficient (Wildman–Crippen LogP) is 3.24. The van der Waals surface area contributed by atoms with Gasteiger partial charge in [-0.05, 0) is 59.9 Å². The molecular formula is C19H21NO4. The average Bonchev–Trinajstić information content (AvgIpc) is 2.54. The monoisotopic (exact) mass is 327 g/mol.